The lowest BCUT2D eigenvalue weighted by atomic mass is 10.2. The Morgan fingerprint density at radius 3 is 2.69 bits per heavy atom. The smallest absolute Gasteiger partial charge is 0.251 e. The summed E-state index contributed by atoms with van der Waals surface area (Å²) in [5.41, 5.74) is 7.68. The number of thiophene rings is 1. The van der Waals surface area contributed by atoms with Gasteiger partial charge in [0, 0.05) is 5.69 Å². The van der Waals surface area contributed by atoms with E-state index in [0.29, 0.717) is 20.0 Å². The van der Waals surface area contributed by atoms with Gasteiger partial charge in [0.05, 0.1) is 11.3 Å². The number of amides is 2. The second kappa shape index (κ2) is 8.30. The topological polar surface area (TPSA) is 110 Å². The zero-order valence-electron chi connectivity index (χ0n) is 13.7. The maximum atomic E-state index is 12.1. The van der Waals surface area contributed by atoms with Crippen LogP contribution in [-0.2, 0) is 4.79 Å². The molecule has 0 fully saturated rings. The number of aromatic nitrogens is 2. The van der Waals surface area contributed by atoms with Gasteiger partial charge < -0.3 is 16.4 Å². The molecule has 2 amide bonds. The summed E-state index contributed by atoms with van der Waals surface area (Å²) in [5, 5.41) is 16.8. The molecule has 0 bridgehead atoms. The van der Waals surface area contributed by atoms with Gasteiger partial charge in [-0.2, -0.15) is 0 Å². The van der Waals surface area contributed by atoms with Crippen molar-refractivity contribution in [2.75, 3.05) is 16.4 Å². The number of thioether (sulfide) groups is 1. The first-order valence-electron chi connectivity index (χ1n) is 7.48. The third-order valence-corrected chi connectivity index (χ3v) is 6.02. The Bertz CT molecular complexity index is 920. The maximum absolute atomic E-state index is 12.1. The molecule has 0 atom stereocenters. The van der Waals surface area contributed by atoms with Crippen molar-refractivity contribution in [2.24, 2.45) is 5.73 Å². The van der Waals surface area contributed by atoms with Crippen LogP contribution < -0.4 is 16.4 Å². The molecule has 3 aromatic rings. The number of carbonyl (C=O) groups excluding carboxylic acids is 2. The van der Waals surface area contributed by atoms with E-state index in [-0.39, 0.29) is 11.7 Å². The van der Waals surface area contributed by atoms with Gasteiger partial charge in [-0.25, -0.2) is 0 Å². The fourth-order valence-electron chi connectivity index (χ4n) is 1.97. The SMILES string of the molecule is Cc1ccc(Nc2nnc(SCC(=O)Nc3sccc3C(N)=O)s2)cc1. The molecule has 0 spiro atoms. The molecule has 0 aliphatic heterocycles. The number of carbonyl (C=O) groups is 2. The van der Waals surface area contributed by atoms with E-state index in [1.165, 1.54) is 40.0 Å². The molecule has 4 N–H and O–H groups in total. The van der Waals surface area contributed by atoms with E-state index in [0.717, 1.165) is 5.69 Å². The number of nitrogens with one attached hydrogen (secondary N) is 2. The van der Waals surface area contributed by atoms with Crippen LogP contribution in [0.2, 0.25) is 0 Å². The molecule has 0 saturated heterocycles. The molecule has 2 aromatic heterocycles. The van der Waals surface area contributed by atoms with Gasteiger partial charge in [-0.15, -0.1) is 21.5 Å². The monoisotopic (exact) mass is 405 g/mol. The van der Waals surface area contributed by atoms with Crippen LogP contribution in [0.5, 0.6) is 0 Å². The molecule has 0 unspecified atom stereocenters. The normalized spacial score (nSPS) is 10.5. The molecule has 1 aromatic carbocycles. The van der Waals surface area contributed by atoms with E-state index < -0.39 is 5.91 Å². The van der Waals surface area contributed by atoms with Crippen LogP contribution in [0.4, 0.5) is 15.8 Å². The molecular weight excluding hydrogens is 390 g/mol. The van der Waals surface area contributed by atoms with Crippen molar-refractivity contribution in [3.63, 3.8) is 0 Å². The number of aryl methyl sites for hydroxylation is 1. The molecule has 26 heavy (non-hydrogen) atoms. The molecule has 134 valence electrons. The van der Waals surface area contributed by atoms with Crippen molar-refractivity contribution in [3.8, 4) is 0 Å². The highest BCUT2D eigenvalue weighted by molar-refractivity contribution is 8.01. The van der Waals surface area contributed by atoms with Crippen molar-refractivity contribution in [2.45, 2.75) is 11.3 Å². The summed E-state index contributed by atoms with van der Waals surface area (Å²) in [6.45, 7) is 2.02. The second-order valence-electron chi connectivity index (χ2n) is 5.23. The molecule has 2 heterocycles. The molecule has 7 nitrogen and oxygen atoms in total. The van der Waals surface area contributed by atoms with Crippen LogP contribution in [0.1, 0.15) is 15.9 Å². The number of primary amides is 1. The number of nitrogens with zero attached hydrogens (tertiary/aromatic N) is 2. The average molecular weight is 406 g/mol. The predicted molar refractivity (Wildman–Crippen MR) is 107 cm³/mol. The molecule has 0 aliphatic rings. The zero-order chi connectivity index (χ0) is 18.5. The summed E-state index contributed by atoms with van der Waals surface area (Å²) in [6.07, 6.45) is 0. The van der Waals surface area contributed by atoms with Gasteiger partial charge in [0.1, 0.15) is 5.00 Å². The summed E-state index contributed by atoms with van der Waals surface area (Å²) in [6, 6.07) is 9.54. The van der Waals surface area contributed by atoms with Crippen LogP contribution in [-0.4, -0.2) is 27.8 Å². The van der Waals surface area contributed by atoms with Gasteiger partial charge in [-0.05, 0) is 30.5 Å². The van der Waals surface area contributed by atoms with E-state index in [1.54, 1.807) is 11.4 Å². The lowest BCUT2D eigenvalue weighted by Gasteiger charge is -2.03. The van der Waals surface area contributed by atoms with Gasteiger partial charge in [0.15, 0.2) is 4.34 Å². The first-order chi connectivity index (χ1) is 12.5. The molecule has 3 rings (SSSR count). The van der Waals surface area contributed by atoms with Crippen LogP contribution in [0.15, 0.2) is 40.1 Å². The Balaban J connectivity index is 1.52. The van der Waals surface area contributed by atoms with Gasteiger partial charge in [-0.1, -0.05) is 40.8 Å². The number of nitrogens with two attached hydrogens (primary N) is 1. The number of hydrogen-bond donors (Lipinski definition) is 3. The maximum Gasteiger partial charge on any atom is 0.251 e. The number of rotatable bonds is 7. The first kappa shape index (κ1) is 18.4. The summed E-state index contributed by atoms with van der Waals surface area (Å²) in [4.78, 5) is 23.3. The van der Waals surface area contributed by atoms with Crippen molar-refractivity contribution < 1.29 is 9.59 Å². The Morgan fingerprint density at radius 2 is 1.96 bits per heavy atom. The molecule has 0 radical (unpaired) electrons. The van der Waals surface area contributed by atoms with Crippen LogP contribution in [0, 0.1) is 6.92 Å². The lowest BCUT2D eigenvalue weighted by Crippen LogP contribution is -2.17. The minimum absolute atomic E-state index is 0.162. The minimum atomic E-state index is -0.565. The van der Waals surface area contributed by atoms with E-state index in [9.17, 15) is 9.59 Å². The Labute approximate surface area is 162 Å². The Kier molecular flexibility index (Phi) is 5.86. The van der Waals surface area contributed by atoms with E-state index in [2.05, 4.69) is 20.8 Å². The second-order valence-corrected chi connectivity index (χ2v) is 8.34. The Hall–Kier alpha value is -2.43. The predicted octanol–water partition coefficient (Wildman–Crippen LogP) is 3.48. The van der Waals surface area contributed by atoms with Crippen molar-refractivity contribution in [3.05, 3.63) is 46.8 Å². The van der Waals surface area contributed by atoms with Crippen LogP contribution >= 0.6 is 34.4 Å². The summed E-state index contributed by atoms with van der Waals surface area (Å²) in [5.74, 6) is -0.636. The van der Waals surface area contributed by atoms with Crippen LogP contribution in [0.3, 0.4) is 0 Å². The van der Waals surface area contributed by atoms with Gasteiger partial charge in [0.25, 0.3) is 5.91 Å². The number of hydrogen-bond acceptors (Lipinski definition) is 8. The lowest BCUT2D eigenvalue weighted by molar-refractivity contribution is -0.113. The van der Waals surface area contributed by atoms with Gasteiger partial charge >= 0.3 is 0 Å². The zero-order valence-corrected chi connectivity index (χ0v) is 16.1. The summed E-state index contributed by atoms with van der Waals surface area (Å²) in [7, 11) is 0. The third-order valence-electron chi connectivity index (χ3n) is 3.22. The average Bonchev–Trinajstić information content (AvgIpc) is 3.24. The standard InChI is InChI=1S/C16H15N5O2S3/c1-9-2-4-10(5-3-9)18-15-20-21-16(26-15)25-8-12(22)19-14-11(13(17)23)6-7-24-14/h2-7H,8H2,1H3,(H2,17,23)(H,18,20)(H,19,22). The molecule has 10 heteroatoms. The van der Waals surface area contributed by atoms with Gasteiger partial charge in [0.2, 0.25) is 11.0 Å². The van der Waals surface area contributed by atoms with Crippen molar-refractivity contribution in [1.82, 2.24) is 10.2 Å². The quantitative estimate of drug-likeness (QED) is 0.519. The van der Waals surface area contributed by atoms with E-state index in [1.807, 2.05) is 31.2 Å². The number of anilines is 3. The van der Waals surface area contributed by atoms with Crippen molar-refractivity contribution in [1.29, 1.82) is 0 Å². The minimum Gasteiger partial charge on any atom is -0.366 e. The summed E-state index contributed by atoms with van der Waals surface area (Å²) < 4.78 is 0.677. The highest BCUT2D eigenvalue weighted by Gasteiger charge is 2.13. The largest absolute Gasteiger partial charge is 0.366 e. The van der Waals surface area contributed by atoms with E-state index in [4.69, 9.17) is 5.73 Å². The van der Waals surface area contributed by atoms with Gasteiger partial charge in [-0.3, -0.25) is 9.59 Å². The molecule has 0 aliphatic carbocycles. The molecular formula is C16H15N5O2S3. The highest BCUT2D eigenvalue weighted by atomic mass is 32.2. The molecule has 0 saturated carbocycles. The third kappa shape index (κ3) is 4.81. The highest BCUT2D eigenvalue weighted by Crippen LogP contribution is 2.28. The Morgan fingerprint density at radius 1 is 1.19 bits per heavy atom. The summed E-state index contributed by atoms with van der Waals surface area (Å²) >= 11 is 3.90. The van der Waals surface area contributed by atoms with Crippen molar-refractivity contribution >= 4 is 62.1 Å². The van der Waals surface area contributed by atoms with E-state index >= 15 is 0 Å². The fourth-order valence-corrected chi connectivity index (χ4v) is 4.35. The first-order valence-corrected chi connectivity index (χ1v) is 10.2. The van der Waals surface area contributed by atoms with Crippen LogP contribution in [0.25, 0.3) is 0 Å². The number of benzene rings is 1. The fraction of sp³-hybridized carbons (Fsp3) is 0.125.